The van der Waals surface area contributed by atoms with Crippen molar-refractivity contribution in [2.24, 2.45) is 0 Å². The second kappa shape index (κ2) is 101. The molecule has 12 heteroatoms. The molecule has 0 aliphatic carbocycles. The van der Waals surface area contributed by atoms with Crippen molar-refractivity contribution in [3.05, 3.63) is 72.8 Å². The minimum atomic E-state index is 0.830. The van der Waals surface area contributed by atoms with Gasteiger partial charge in [0.05, 0.1) is 39.7 Å². The van der Waals surface area contributed by atoms with Gasteiger partial charge in [-0.1, -0.05) is 485 Å². The summed E-state index contributed by atoms with van der Waals surface area (Å²) < 4.78 is 23.1. The molecule has 0 spiro atoms. The van der Waals surface area contributed by atoms with Gasteiger partial charge >= 0.3 is 0 Å². The lowest BCUT2D eigenvalue weighted by Gasteiger charge is -2.34. The van der Waals surface area contributed by atoms with Crippen LogP contribution in [0.15, 0.2) is 72.8 Å². The van der Waals surface area contributed by atoms with E-state index in [0.29, 0.717) is 0 Å². The summed E-state index contributed by atoms with van der Waals surface area (Å²) in [5, 5.41) is 0. The molecule has 0 unspecified atom stereocenters. The van der Waals surface area contributed by atoms with Crippen LogP contribution >= 0.6 is 11.8 Å². The van der Waals surface area contributed by atoms with E-state index in [2.05, 4.69) is 167 Å². The van der Waals surface area contributed by atoms with Gasteiger partial charge in [-0.15, -0.1) is 0 Å². The first-order valence-corrected chi connectivity index (χ1v) is 63.6. The molecule has 11 nitrogen and oxygen atoms in total. The van der Waals surface area contributed by atoms with Crippen LogP contribution in [0.5, 0.6) is 17.2 Å². The van der Waals surface area contributed by atoms with E-state index in [0.717, 1.165) is 63.4 Å². The van der Waals surface area contributed by atoms with Gasteiger partial charge < -0.3 is 43.4 Å². The highest BCUT2D eigenvalue weighted by Gasteiger charge is 2.21. The van der Waals surface area contributed by atoms with Crippen molar-refractivity contribution in [1.29, 1.82) is 0 Å². The molecule has 8 rings (SSSR count). The summed E-state index contributed by atoms with van der Waals surface area (Å²) >= 11 is 2.05. The van der Waals surface area contributed by atoms with Gasteiger partial charge in [0.25, 0.3) is 0 Å². The zero-order chi connectivity index (χ0) is 98.7. The third-order valence-electron chi connectivity index (χ3n) is 30.4. The minimum Gasteiger partial charge on any atom is -0.494 e. The highest BCUT2D eigenvalue weighted by Crippen LogP contribution is 2.29. The van der Waals surface area contributed by atoms with E-state index in [-0.39, 0.29) is 0 Å². The molecule has 0 N–H and O–H groups in total. The Morgan fingerprint density at radius 2 is 0.381 bits per heavy atom. The Labute approximate surface area is 871 Å². The molecule has 0 radical (unpaired) electrons. The van der Waals surface area contributed by atoms with Crippen molar-refractivity contribution in [1.82, 2.24) is 19.6 Å². The van der Waals surface area contributed by atoms with Crippen LogP contribution in [0.3, 0.4) is 0 Å². The molecule has 5 aliphatic heterocycles. The molecule has 0 aromatic heterocycles. The molecule has 0 amide bonds. The smallest absolute Gasteiger partial charge is 0.119 e. The summed E-state index contributed by atoms with van der Waals surface area (Å²) in [6.45, 7) is 41.5. The Morgan fingerprint density at radius 1 is 0.194 bits per heavy atom. The first-order chi connectivity index (χ1) is 68.9. The summed E-state index contributed by atoms with van der Waals surface area (Å²) in [6, 6.07) is 25.9. The number of ether oxygens (including phenoxy) is 4. The predicted octanol–water partition coefficient (Wildman–Crippen LogP) is 38.1. The van der Waals surface area contributed by atoms with Gasteiger partial charge in [0.2, 0.25) is 0 Å². The fraction of sp³-hybridized carbons (Fsp3) is 0.858. The molecule has 3 aromatic carbocycles. The van der Waals surface area contributed by atoms with Crippen LogP contribution in [0.2, 0.25) is 0 Å². The van der Waals surface area contributed by atoms with Gasteiger partial charge in [-0.25, -0.2) is 0 Å². The maximum atomic E-state index is 5.91. The Bertz CT molecular complexity index is 2730. The van der Waals surface area contributed by atoms with Crippen LogP contribution in [-0.2, 0) is 4.74 Å². The monoisotopic (exact) mass is 1960 g/mol. The van der Waals surface area contributed by atoms with Gasteiger partial charge in [0, 0.05) is 107 Å². The van der Waals surface area contributed by atoms with Crippen molar-refractivity contribution < 1.29 is 18.9 Å². The normalized spacial score (nSPS) is 15.0. The molecule has 5 fully saturated rings. The highest BCUT2D eigenvalue weighted by molar-refractivity contribution is 7.99. The fourth-order valence-corrected chi connectivity index (χ4v) is 21.8. The van der Waals surface area contributed by atoms with Crippen molar-refractivity contribution in [3.63, 3.8) is 0 Å². The van der Waals surface area contributed by atoms with Gasteiger partial charge in [-0.3, -0.25) is 9.80 Å². The van der Waals surface area contributed by atoms with E-state index in [1.165, 1.54) is 628 Å². The number of benzene rings is 3. The average molecular weight is 1960 g/mol. The van der Waals surface area contributed by atoms with Crippen molar-refractivity contribution >= 4 is 28.8 Å². The van der Waals surface area contributed by atoms with Gasteiger partial charge in [0.15, 0.2) is 0 Å². The zero-order valence-electron chi connectivity index (χ0n) is 94.2. The molecule has 0 atom stereocenters. The van der Waals surface area contributed by atoms with Gasteiger partial charge in [-0.05, 0) is 163 Å². The van der Waals surface area contributed by atoms with Crippen molar-refractivity contribution in [2.75, 3.05) is 171 Å². The van der Waals surface area contributed by atoms with E-state index >= 15 is 0 Å². The molecular weight excluding hydrogens is 1720 g/mol. The lowest BCUT2D eigenvalue weighted by molar-refractivity contribution is 0.122. The van der Waals surface area contributed by atoms with E-state index in [1.54, 1.807) is 0 Å². The Kier molecular flexibility index (Phi) is 92.5. The number of morpholine rings is 1. The number of piperidine rings is 1. The molecule has 0 bridgehead atoms. The van der Waals surface area contributed by atoms with Crippen LogP contribution in [0.1, 0.15) is 549 Å². The summed E-state index contributed by atoms with van der Waals surface area (Å²) in [7, 11) is 0. The molecule has 139 heavy (non-hydrogen) atoms. The molecule has 5 saturated heterocycles. The summed E-state index contributed by atoms with van der Waals surface area (Å²) in [5.74, 6) is 5.53. The van der Waals surface area contributed by atoms with Crippen molar-refractivity contribution in [3.8, 4) is 17.2 Å². The first kappa shape index (κ1) is 128. The second-order valence-corrected chi connectivity index (χ2v) is 44.6. The van der Waals surface area contributed by atoms with Crippen LogP contribution in [0.25, 0.3) is 0 Å². The van der Waals surface area contributed by atoms with Crippen LogP contribution in [-0.4, -0.2) is 176 Å². The van der Waals surface area contributed by atoms with E-state index in [1.807, 2.05) is 0 Å². The van der Waals surface area contributed by atoms with Crippen LogP contribution in [0.4, 0.5) is 17.1 Å². The number of unbranched alkanes of at least 4 members (excludes halogenated alkanes) is 68. The topological polar surface area (TPSA) is 59.6 Å². The third-order valence-corrected chi connectivity index (χ3v) is 31.4. The molecule has 5 aliphatic rings. The number of nitrogens with zero attached hydrogens (tertiary/aromatic N) is 7. The maximum absolute atomic E-state index is 5.91. The molecule has 5 heterocycles. The Hall–Kier alpha value is -3.39. The molecular formula is C127H237N7O4S. The molecule has 810 valence electrons. The number of rotatable bonds is 88. The largest absolute Gasteiger partial charge is 0.494 e. The van der Waals surface area contributed by atoms with Crippen LogP contribution in [0, 0.1) is 0 Å². The Balaban J connectivity index is 0.000000364. The number of piperazine rings is 1. The van der Waals surface area contributed by atoms with E-state index < -0.39 is 0 Å². The molecule has 0 saturated carbocycles. The minimum absolute atomic E-state index is 0.830. The predicted molar refractivity (Wildman–Crippen MR) is 621 cm³/mol. The summed E-state index contributed by atoms with van der Waals surface area (Å²) in [6.07, 6.45) is 111. The maximum Gasteiger partial charge on any atom is 0.119 e. The first-order valence-electron chi connectivity index (χ1n) is 62.4. The fourth-order valence-electron chi connectivity index (χ4n) is 20.9. The lowest BCUT2D eigenvalue weighted by Crippen LogP contribution is -2.46. The number of thioether (sulfide) groups is 1. The highest BCUT2D eigenvalue weighted by atomic mass is 32.2. The Morgan fingerprint density at radius 3 is 0.612 bits per heavy atom. The van der Waals surface area contributed by atoms with E-state index in [4.69, 9.17) is 18.9 Å². The SMILES string of the molecule is CCCCCCCCCCCCCCN1CCN(CCCCCCCCCCCCCC)C1.CCCCCCCCCCCCCOc1ccc(N2CCCCC2)cc1.CCCCCCCCCCCCN1CCN(CCCCCCCCCCCC)CC1.CCCCCCCCCCCCOc1ccc(N2CCOCC2)cc1.CCCCCCCCCCCCOc1ccc(N2CCSCC2)cc1. The van der Waals surface area contributed by atoms with Gasteiger partial charge in [0.1, 0.15) is 17.2 Å². The third kappa shape index (κ3) is 78.5. The summed E-state index contributed by atoms with van der Waals surface area (Å²) in [5.41, 5.74) is 3.97. The van der Waals surface area contributed by atoms with Crippen molar-refractivity contribution in [2.45, 2.75) is 549 Å². The molecule has 3 aromatic rings. The second-order valence-electron chi connectivity index (χ2n) is 43.4. The van der Waals surface area contributed by atoms with Crippen LogP contribution < -0.4 is 28.9 Å². The number of hydrogen-bond donors (Lipinski definition) is 0. The van der Waals surface area contributed by atoms with E-state index in [9.17, 15) is 0 Å². The lowest BCUT2D eigenvalue weighted by atomic mass is 10.1. The van der Waals surface area contributed by atoms with Gasteiger partial charge in [-0.2, -0.15) is 11.8 Å². The summed E-state index contributed by atoms with van der Waals surface area (Å²) in [4.78, 5) is 18.2. The number of anilines is 3. The zero-order valence-corrected chi connectivity index (χ0v) is 95.0. The quantitative estimate of drug-likeness (QED) is 0.0506. The standard InChI is InChI=1S/C31H64N2.C28H58N2.C24H41NO.C22H37NO2.C22H37NOS/c1-3-5-7-9-11-13-15-17-19-21-23-25-27-32-29-30-33(31-32)28-26-24-22-20-18-16-14-12-10-8-6-4-2;1-3-5-7-9-11-13-15-17-19-21-23-29-25-27-30(28-26-29)24-22-20-18-16-14-12-10-8-6-4-2;1-2-3-4-5-6-7-8-9-10-11-15-22-26-24-18-16-23(17-19-24)25-20-13-12-14-21-25;1-2-3-4-5-6-7-8-9-10-11-18-25-22-14-12-21(13-15-22)23-16-19-24-20-17-23;1-2-3-4-5-6-7-8-9-10-11-18-24-22-14-12-21(13-15-22)23-16-19-25-20-17-23/h3-31H2,1-2H3;3-28H2,1-2H3;16-19H,2-15,20-22H2,1H3;2*12-15H,2-11,16-20H2,1H3. The average Bonchev–Trinajstić information content (AvgIpc) is 1.06. The number of hydrogen-bond acceptors (Lipinski definition) is 12.